The Balaban J connectivity index is 1.58. The van der Waals surface area contributed by atoms with Crippen molar-refractivity contribution in [1.29, 1.82) is 0 Å². The van der Waals surface area contributed by atoms with Crippen molar-refractivity contribution in [2.45, 2.75) is 24.8 Å². The van der Waals surface area contributed by atoms with Gasteiger partial charge in [-0.05, 0) is 38.1 Å². The fourth-order valence-electron chi connectivity index (χ4n) is 3.11. The van der Waals surface area contributed by atoms with Gasteiger partial charge in [-0.25, -0.2) is 22.8 Å². The molecule has 4 rings (SSSR count). The zero-order chi connectivity index (χ0) is 19.7. The molecule has 1 aliphatic rings. The Bertz CT molecular complexity index is 1100. The van der Waals surface area contributed by atoms with Crippen LogP contribution in [0.5, 0.6) is 11.5 Å². The van der Waals surface area contributed by atoms with Crippen molar-refractivity contribution in [3.05, 3.63) is 60.0 Å². The maximum atomic E-state index is 12.8. The van der Waals surface area contributed by atoms with Gasteiger partial charge in [-0.3, -0.25) is 0 Å². The molecule has 1 N–H and O–H groups in total. The second kappa shape index (κ2) is 7.25. The second-order valence-corrected chi connectivity index (χ2v) is 8.15. The average molecular weight is 400 g/mol. The number of hydrogen-bond acceptors (Lipinski definition) is 6. The third kappa shape index (κ3) is 3.46. The summed E-state index contributed by atoms with van der Waals surface area (Å²) in [5.74, 6) is 1.65. The number of benzene rings is 1. The number of aromatic nitrogens is 3. The molecule has 0 amide bonds. The summed E-state index contributed by atoms with van der Waals surface area (Å²) in [5.41, 5.74) is 1.59. The van der Waals surface area contributed by atoms with Crippen molar-refractivity contribution in [2.75, 3.05) is 13.2 Å². The van der Waals surface area contributed by atoms with Gasteiger partial charge in [-0.2, -0.15) is 5.10 Å². The molecule has 0 unspecified atom stereocenters. The number of nitrogens with one attached hydrogen (secondary N) is 1. The van der Waals surface area contributed by atoms with Gasteiger partial charge in [0.15, 0.2) is 17.3 Å². The number of hydrogen-bond donors (Lipinski definition) is 1. The van der Waals surface area contributed by atoms with E-state index in [-0.39, 0.29) is 4.90 Å². The maximum absolute atomic E-state index is 12.8. The first kappa shape index (κ1) is 18.5. The average Bonchev–Trinajstić information content (AvgIpc) is 3.09. The Morgan fingerprint density at radius 1 is 1.14 bits per heavy atom. The molecular weight excluding hydrogens is 380 g/mol. The molecule has 1 aliphatic heterocycles. The van der Waals surface area contributed by atoms with Gasteiger partial charge in [0.1, 0.15) is 13.2 Å². The molecule has 0 bridgehead atoms. The minimum atomic E-state index is -3.75. The lowest BCUT2D eigenvalue weighted by molar-refractivity contribution is 0.171. The van der Waals surface area contributed by atoms with Crippen LogP contribution in [-0.2, 0) is 10.0 Å². The Morgan fingerprint density at radius 2 is 1.93 bits per heavy atom. The highest BCUT2D eigenvalue weighted by atomic mass is 32.2. The van der Waals surface area contributed by atoms with Gasteiger partial charge in [0, 0.05) is 29.6 Å². The first-order chi connectivity index (χ1) is 13.5. The van der Waals surface area contributed by atoms with E-state index in [9.17, 15) is 8.42 Å². The number of ether oxygens (including phenoxy) is 2. The number of fused-ring (bicyclic) bond motifs is 1. The van der Waals surface area contributed by atoms with Gasteiger partial charge in [-0.15, -0.1) is 0 Å². The minimum Gasteiger partial charge on any atom is -0.486 e. The summed E-state index contributed by atoms with van der Waals surface area (Å²) in [4.78, 5) is 4.41. The van der Waals surface area contributed by atoms with Gasteiger partial charge >= 0.3 is 0 Å². The largest absolute Gasteiger partial charge is 0.486 e. The van der Waals surface area contributed by atoms with Gasteiger partial charge in [0.25, 0.3) is 0 Å². The van der Waals surface area contributed by atoms with Crippen LogP contribution in [0.15, 0.2) is 53.7 Å². The van der Waals surface area contributed by atoms with Crippen molar-refractivity contribution >= 4 is 10.0 Å². The molecule has 0 aliphatic carbocycles. The Hall–Kier alpha value is -2.91. The van der Waals surface area contributed by atoms with Gasteiger partial charge in [-0.1, -0.05) is 6.07 Å². The van der Waals surface area contributed by atoms with Crippen LogP contribution in [0, 0.1) is 6.92 Å². The molecule has 146 valence electrons. The lowest BCUT2D eigenvalue weighted by Gasteiger charge is -2.19. The summed E-state index contributed by atoms with van der Waals surface area (Å²) < 4.78 is 41.0. The van der Waals surface area contributed by atoms with Crippen molar-refractivity contribution in [3.63, 3.8) is 0 Å². The van der Waals surface area contributed by atoms with E-state index >= 15 is 0 Å². The molecule has 1 atom stereocenters. The molecule has 28 heavy (non-hydrogen) atoms. The van der Waals surface area contributed by atoms with Crippen LogP contribution >= 0.6 is 0 Å². The predicted octanol–water partition coefficient (Wildman–Crippen LogP) is 2.39. The molecule has 9 heteroatoms. The number of pyridine rings is 1. The van der Waals surface area contributed by atoms with Gasteiger partial charge < -0.3 is 9.47 Å². The van der Waals surface area contributed by atoms with E-state index in [1.165, 1.54) is 12.1 Å². The van der Waals surface area contributed by atoms with Crippen LogP contribution in [0.1, 0.15) is 24.2 Å². The summed E-state index contributed by atoms with van der Waals surface area (Å²) in [7, 11) is -3.75. The lowest BCUT2D eigenvalue weighted by atomic mass is 10.1. The molecule has 2 aromatic heterocycles. The van der Waals surface area contributed by atoms with Crippen molar-refractivity contribution in [1.82, 2.24) is 19.5 Å². The van der Waals surface area contributed by atoms with E-state index in [0.717, 1.165) is 11.3 Å². The number of nitrogens with zero attached hydrogens (tertiary/aromatic N) is 3. The maximum Gasteiger partial charge on any atom is 0.241 e. The second-order valence-electron chi connectivity index (χ2n) is 6.43. The van der Waals surface area contributed by atoms with Crippen molar-refractivity contribution in [2.24, 2.45) is 0 Å². The first-order valence-electron chi connectivity index (χ1n) is 8.83. The molecule has 0 spiro atoms. The van der Waals surface area contributed by atoms with Crippen LogP contribution in [0.3, 0.4) is 0 Å². The molecular formula is C19H20N4O4S. The standard InChI is InChI=1S/C19H20N4O4S/c1-13(16-12-21-23(14(16)2)19-5-3-4-8-20-19)22-28(24,25)15-6-7-17-18(11-15)27-10-9-26-17/h3-8,11-13,22H,9-10H2,1-2H3/t13-/m0/s1. The van der Waals surface area contributed by atoms with E-state index in [2.05, 4.69) is 14.8 Å². The molecule has 3 heterocycles. The predicted molar refractivity (Wildman–Crippen MR) is 102 cm³/mol. The monoisotopic (exact) mass is 400 g/mol. The van der Waals surface area contributed by atoms with E-state index in [1.807, 2.05) is 25.1 Å². The van der Waals surface area contributed by atoms with Crippen LogP contribution in [0.25, 0.3) is 5.82 Å². The summed E-state index contributed by atoms with van der Waals surface area (Å²) in [6, 6.07) is 9.66. The minimum absolute atomic E-state index is 0.123. The summed E-state index contributed by atoms with van der Waals surface area (Å²) in [6.07, 6.45) is 3.34. The number of rotatable bonds is 5. The van der Waals surface area contributed by atoms with E-state index in [0.29, 0.717) is 30.5 Å². The normalized spacial score (nSPS) is 14.6. The Kier molecular flexibility index (Phi) is 4.78. The number of sulfonamides is 1. The quantitative estimate of drug-likeness (QED) is 0.707. The topological polar surface area (TPSA) is 95.3 Å². The van der Waals surface area contributed by atoms with Crippen LogP contribution < -0.4 is 14.2 Å². The molecule has 3 aromatic rings. The van der Waals surface area contributed by atoms with Crippen LogP contribution in [-0.4, -0.2) is 36.4 Å². The summed E-state index contributed by atoms with van der Waals surface area (Å²) >= 11 is 0. The highest BCUT2D eigenvalue weighted by Crippen LogP contribution is 2.32. The Morgan fingerprint density at radius 3 is 2.68 bits per heavy atom. The third-order valence-corrected chi connectivity index (χ3v) is 6.07. The molecule has 0 radical (unpaired) electrons. The van der Waals surface area contributed by atoms with Crippen molar-refractivity contribution < 1.29 is 17.9 Å². The molecule has 1 aromatic carbocycles. The zero-order valence-electron chi connectivity index (χ0n) is 15.5. The fourth-order valence-corrected chi connectivity index (χ4v) is 4.35. The highest BCUT2D eigenvalue weighted by Gasteiger charge is 2.24. The zero-order valence-corrected chi connectivity index (χ0v) is 16.3. The van der Waals surface area contributed by atoms with E-state index in [1.54, 1.807) is 30.1 Å². The lowest BCUT2D eigenvalue weighted by Crippen LogP contribution is -2.27. The third-order valence-electron chi connectivity index (χ3n) is 4.54. The van der Waals surface area contributed by atoms with E-state index < -0.39 is 16.1 Å². The SMILES string of the molecule is Cc1c([C@H](C)NS(=O)(=O)c2ccc3c(c2)OCCO3)cnn1-c1ccccn1. The van der Waals surface area contributed by atoms with Gasteiger partial charge in [0.05, 0.1) is 11.1 Å². The molecule has 0 fully saturated rings. The molecule has 0 saturated heterocycles. The summed E-state index contributed by atoms with van der Waals surface area (Å²) in [6.45, 7) is 4.51. The van der Waals surface area contributed by atoms with Gasteiger partial charge in [0.2, 0.25) is 10.0 Å². The van der Waals surface area contributed by atoms with Crippen LogP contribution in [0.2, 0.25) is 0 Å². The smallest absolute Gasteiger partial charge is 0.241 e. The highest BCUT2D eigenvalue weighted by molar-refractivity contribution is 7.89. The van der Waals surface area contributed by atoms with Crippen LogP contribution in [0.4, 0.5) is 0 Å². The van der Waals surface area contributed by atoms with E-state index in [4.69, 9.17) is 9.47 Å². The first-order valence-corrected chi connectivity index (χ1v) is 10.3. The Labute approximate surface area is 163 Å². The van der Waals surface area contributed by atoms with Crippen molar-refractivity contribution in [3.8, 4) is 17.3 Å². The molecule has 0 saturated carbocycles. The molecule has 8 nitrogen and oxygen atoms in total. The summed E-state index contributed by atoms with van der Waals surface area (Å²) in [5, 5.41) is 4.35. The fraction of sp³-hybridized carbons (Fsp3) is 0.263.